The lowest BCUT2D eigenvalue weighted by Gasteiger charge is -2.22. The van der Waals surface area contributed by atoms with Crippen LogP contribution in [-0.4, -0.2) is 17.9 Å². The second kappa shape index (κ2) is 6.87. The van der Waals surface area contributed by atoms with E-state index < -0.39 is 0 Å². The SMILES string of the molecule is Cl.O=C1CCC(NCc2ccccc2Br)C(=O)N1. The van der Waals surface area contributed by atoms with Gasteiger partial charge in [0, 0.05) is 17.4 Å². The van der Waals surface area contributed by atoms with E-state index in [0.29, 0.717) is 19.4 Å². The Bertz CT molecular complexity index is 453. The van der Waals surface area contributed by atoms with Crippen LogP contribution in [0.3, 0.4) is 0 Å². The van der Waals surface area contributed by atoms with Crippen molar-refractivity contribution in [1.82, 2.24) is 10.6 Å². The van der Waals surface area contributed by atoms with Gasteiger partial charge in [0.2, 0.25) is 11.8 Å². The zero-order chi connectivity index (χ0) is 12.3. The first-order chi connectivity index (χ1) is 8.16. The number of nitrogens with one attached hydrogen (secondary N) is 2. The van der Waals surface area contributed by atoms with Gasteiger partial charge in [0.05, 0.1) is 6.04 Å². The topological polar surface area (TPSA) is 58.2 Å². The molecule has 18 heavy (non-hydrogen) atoms. The molecule has 1 fully saturated rings. The van der Waals surface area contributed by atoms with Crippen molar-refractivity contribution in [2.75, 3.05) is 0 Å². The summed E-state index contributed by atoms with van der Waals surface area (Å²) in [6, 6.07) is 7.57. The van der Waals surface area contributed by atoms with Crippen LogP contribution in [0.5, 0.6) is 0 Å². The summed E-state index contributed by atoms with van der Waals surface area (Å²) in [7, 11) is 0. The second-order valence-corrected chi connectivity index (χ2v) is 4.83. The molecule has 2 N–H and O–H groups in total. The third kappa shape index (κ3) is 3.80. The summed E-state index contributed by atoms with van der Waals surface area (Å²) in [4.78, 5) is 22.5. The maximum atomic E-state index is 11.5. The summed E-state index contributed by atoms with van der Waals surface area (Å²) in [6.45, 7) is 0.605. The van der Waals surface area contributed by atoms with Crippen molar-refractivity contribution in [2.45, 2.75) is 25.4 Å². The number of rotatable bonds is 3. The largest absolute Gasteiger partial charge is 0.302 e. The Morgan fingerprint density at radius 2 is 2.06 bits per heavy atom. The third-order valence-corrected chi connectivity index (χ3v) is 3.51. The van der Waals surface area contributed by atoms with Gasteiger partial charge in [-0.2, -0.15) is 0 Å². The quantitative estimate of drug-likeness (QED) is 0.829. The maximum Gasteiger partial charge on any atom is 0.243 e. The lowest BCUT2D eigenvalue weighted by molar-refractivity contribution is -0.134. The molecule has 1 unspecified atom stereocenters. The molecule has 0 bridgehead atoms. The molecule has 2 amide bonds. The summed E-state index contributed by atoms with van der Waals surface area (Å²) >= 11 is 3.45. The molecule has 1 saturated heterocycles. The zero-order valence-electron chi connectivity index (χ0n) is 9.61. The van der Waals surface area contributed by atoms with Crippen molar-refractivity contribution < 1.29 is 9.59 Å². The summed E-state index contributed by atoms with van der Waals surface area (Å²) in [5, 5.41) is 5.48. The molecular weight excluding hydrogens is 320 g/mol. The monoisotopic (exact) mass is 332 g/mol. The molecule has 0 spiro atoms. The van der Waals surface area contributed by atoms with Gasteiger partial charge in [-0.05, 0) is 18.1 Å². The van der Waals surface area contributed by atoms with E-state index in [1.54, 1.807) is 0 Å². The predicted molar refractivity (Wildman–Crippen MR) is 74.4 cm³/mol. The molecule has 2 rings (SSSR count). The van der Waals surface area contributed by atoms with Gasteiger partial charge < -0.3 is 5.32 Å². The van der Waals surface area contributed by atoms with E-state index in [2.05, 4.69) is 26.6 Å². The Balaban J connectivity index is 0.00000162. The number of piperidine rings is 1. The van der Waals surface area contributed by atoms with E-state index in [1.165, 1.54) is 0 Å². The molecule has 98 valence electrons. The lowest BCUT2D eigenvalue weighted by Crippen LogP contribution is -2.50. The van der Waals surface area contributed by atoms with Crippen molar-refractivity contribution in [3.63, 3.8) is 0 Å². The fourth-order valence-electron chi connectivity index (χ4n) is 1.76. The minimum Gasteiger partial charge on any atom is -0.302 e. The molecule has 0 saturated carbocycles. The van der Waals surface area contributed by atoms with Crippen molar-refractivity contribution in [3.8, 4) is 0 Å². The number of carbonyl (C=O) groups excluding carboxylic acids is 2. The van der Waals surface area contributed by atoms with Crippen molar-refractivity contribution in [2.24, 2.45) is 0 Å². The molecule has 1 aliphatic rings. The Labute approximate surface area is 120 Å². The average Bonchev–Trinajstić information content (AvgIpc) is 2.30. The molecule has 6 heteroatoms. The summed E-state index contributed by atoms with van der Waals surface area (Å²) in [5.74, 6) is -0.415. The van der Waals surface area contributed by atoms with E-state index >= 15 is 0 Å². The molecule has 1 atom stereocenters. The van der Waals surface area contributed by atoms with Gasteiger partial charge in [-0.3, -0.25) is 14.9 Å². The Morgan fingerprint density at radius 3 is 2.72 bits per heavy atom. The first-order valence-corrected chi connectivity index (χ1v) is 6.26. The predicted octanol–water partition coefficient (Wildman–Crippen LogP) is 1.77. The van der Waals surface area contributed by atoms with Crippen LogP contribution in [0.25, 0.3) is 0 Å². The second-order valence-electron chi connectivity index (χ2n) is 3.98. The molecule has 1 aromatic carbocycles. The maximum absolute atomic E-state index is 11.5. The Hall–Kier alpha value is -0.910. The smallest absolute Gasteiger partial charge is 0.243 e. The first-order valence-electron chi connectivity index (χ1n) is 5.47. The number of hydrogen-bond acceptors (Lipinski definition) is 3. The Kier molecular flexibility index (Phi) is 5.78. The minimum atomic E-state index is -0.278. The molecule has 0 aromatic heterocycles. The first kappa shape index (κ1) is 15.1. The van der Waals surface area contributed by atoms with E-state index in [0.717, 1.165) is 10.0 Å². The van der Waals surface area contributed by atoms with Crippen LogP contribution in [-0.2, 0) is 16.1 Å². The van der Waals surface area contributed by atoms with E-state index in [4.69, 9.17) is 0 Å². The standard InChI is InChI=1S/C12H13BrN2O2.ClH/c13-9-4-2-1-3-8(9)7-14-10-5-6-11(16)15-12(10)17;/h1-4,10,14H,5-7H2,(H,15,16,17);1H. The van der Waals surface area contributed by atoms with Gasteiger partial charge in [-0.15, -0.1) is 12.4 Å². The van der Waals surface area contributed by atoms with Crippen LogP contribution in [0.1, 0.15) is 18.4 Å². The van der Waals surface area contributed by atoms with Gasteiger partial charge in [0.1, 0.15) is 0 Å². The van der Waals surface area contributed by atoms with Gasteiger partial charge in [0.15, 0.2) is 0 Å². The van der Waals surface area contributed by atoms with Gasteiger partial charge in [0.25, 0.3) is 0 Å². The van der Waals surface area contributed by atoms with Crippen molar-refractivity contribution >= 4 is 40.2 Å². The number of carbonyl (C=O) groups is 2. The number of hydrogen-bond donors (Lipinski definition) is 2. The highest BCUT2D eigenvalue weighted by Gasteiger charge is 2.25. The van der Waals surface area contributed by atoms with Gasteiger partial charge in [-0.1, -0.05) is 34.1 Å². The van der Waals surface area contributed by atoms with Crippen LogP contribution in [0, 0.1) is 0 Å². The highest BCUT2D eigenvalue weighted by Crippen LogP contribution is 2.16. The molecule has 0 aliphatic carbocycles. The molecule has 1 aromatic rings. The molecule has 4 nitrogen and oxygen atoms in total. The number of halogens is 2. The normalized spacial score (nSPS) is 19.1. The van der Waals surface area contributed by atoms with Crippen molar-refractivity contribution in [1.29, 1.82) is 0 Å². The molecule has 1 aliphatic heterocycles. The Morgan fingerprint density at radius 1 is 1.33 bits per heavy atom. The third-order valence-electron chi connectivity index (χ3n) is 2.74. The summed E-state index contributed by atoms with van der Waals surface area (Å²) in [6.07, 6.45) is 0.967. The molecule has 1 heterocycles. The fraction of sp³-hybridized carbons (Fsp3) is 0.333. The highest BCUT2D eigenvalue weighted by molar-refractivity contribution is 9.10. The summed E-state index contributed by atoms with van der Waals surface area (Å²) < 4.78 is 1.01. The highest BCUT2D eigenvalue weighted by atomic mass is 79.9. The minimum absolute atomic E-state index is 0. The van der Waals surface area contributed by atoms with Crippen molar-refractivity contribution in [3.05, 3.63) is 34.3 Å². The van der Waals surface area contributed by atoms with Gasteiger partial charge in [-0.25, -0.2) is 0 Å². The van der Waals surface area contributed by atoms with E-state index in [1.807, 2.05) is 24.3 Å². The zero-order valence-corrected chi connectivity index (χ0v) is 12.0. The summed E-state index contributed by atoms with van der Waals surface area (Å²) in [5.41, 5.74) is 1.09. The van der Waals surface area contributed by atoms with Crippen LogP contribution in [0.4, 0.5) is 0 Å². The molecule has 0 radical (unpaired) electrons. The van der Waals surface area contributed by atoms with Crippen LogP contribution in [0.15, 0.2) is 28.7 Å². The fourth-order valence-corrected chi connectivity index (χ4v) is 2.19. The van der Waals surface area contributed by atoms with E-state index in [9.17, 15) is 9.59 Å². The number of amides is 2. The lowest BCUT2D eigenvalue weighted by atomic mass is 10.1. The van der Waals surface area contributed by atoms with Gasteiger partial charge >= 0.3 is 0 Å². The average molecular weight is 334 g/mol. The number of imide groups is 1. The molecular formula is C12H14BrClN2O2. The van der Waals surface area contributed by atoms with Crippen LogP contribution in [0.2, 0.25) is 0 Å². The number of benzene rings is 1. The van der Waals surface area contributed by atoms with Crippen LogP contribution < -0.4 is 10.6 Å². The van der Waals surface area contributed by atoms with E-state index in [-0.39, 0.29) is 30.3 Å². The van der Waals surface area contributed by atoms with Crippen LogP contribution >= 0.6 is 28.3 Å².